The van der Waals surface area contributed by atoms with Crippen molar-refractivity contribution in [1.29, 1.82) is 0 Å². The summed E-state index contributed by atoms with van der Waals surface area (Å²) < 4.78 is 2.97. The first kappa shape index (κ1) is 11.1. The molecule has 2 heterocycles. The van der Waals surface area contributed by atoms with Crippen molar-refractivity contribution in [3.8, 4) is 0 Å². The lowest BCUT2D eigenvalue weighted by Crippen LogP contribution is -2.05. The highest BCUT2D eigenvalue weighted by Crippen LogP contribution is 2.21. The number of aromatic nitrogens is 3. The van der Waals surface area contributed by atoms with Crippen molar-refractivity contribution in [2.75, 3.05) is 5.73 Å². The zero-order valence-electron chi connectivity index (χ0n) is 9.02. The average Bonchev–Trinajstić information content (AvgIpc) is 2.63. The van der Waals surface area contributed by atoms with Crippen molar-refractivity contribution >= 4 is 21.6 Å². The van der Waals surface area contributed by atoms with Crippen LogP contribution in [-0.2, 0) is 13.0 Å². The zero-order chi connectivity index (χ0) is 11.5. The smallest absolute Gasteiger partial charge is 0.0635 e. The summed E-state index contributed by atoms with van der Waals surface area (Å²) in [7, 11) is 0. The summed E-state index contributed by atoms with van der Waals surface area (Å²) in [6, 6.07) is 1.82. The highest BCUT2D eigenvalue weighted by molar-refractivity contribution is 9.10. The Morgan fingerprint density at radius 3 is 2.94 bits per heavy atom. The van der Waals surface area contributed by atoms with Gasteiger partial charge in [0.25, 0.3) is 0 Å². The first-order valence-corrected chi connectivity index (χ1v) is 5.90. The molecule has 2 aromatic heterocycles. The van der Waals surface area contributed by atoms with Crippen LogP contribution in [0.5, 0.6) is 0 Å². The van der Waals surface area contributed by atoms with Crippen LogP contribution in [0.15, 0.2) is 29.1 Å². The second-order valence-electron chi connectivity index (χ2n) is 3.51. The highest BCUT2D eigenvalue weighted by Gasteiger charge is 2.10. The maximum absolute atomic E-state index is 5.89. The Hall–Kier alpha value is -1.36. The summed E-state index contributed by atoms with van der Waals surface area (Å²) in [5, 5.41) is 4.27. The van der Waals surface area contributed by atoms with Gasteiger partial charge in [0.1, 0.15) is 0 Å². The van der Waals surface area contributed by atoms with Gasteiger partial charge in [-0.1, -0.05) is 0 Å². The molecular formula is C11H13BrN4. The average molecular weight is 281 g/mol. The topological polar surface area (TPSA) is 56.7 Å². The molecule has 0 spiro atoms. The largest absolute Gasteiger partial charge is 0.398 e. The second kappa shape index (κ2) is 4.65. The Morgan fingerprint density at radius 1 is 1.44 bits per heavy atom. The molecule has 4 nitrogen and oxygen atoms in total. The number of halogens is 1. The third-order valence-corrected chi connectivity index (χ3v) is 3.16. The molecule has 2 aromatic rings. The molecule has 0 aromatic carbocycles. The third-order valence-electron chi connectivity index (χ3n) is 2.50. The lowest BCUT2D eigenvalue weighted by molar-refractivity contribution is 0.629. The molecule has 2 N–H and O–H groups in total. The van der Waals surface area contributed by atoms with E-state index in [-0.39, 0.29) is 0 Å². The molecule has 0 aliphatic carbocycles. The lowest BCUT2D eigenvalue weighted by atomic mass is 10.1. The molecule has 0 saturated carbocycles. The van der Waals surface area contributed by atoms with E-state index in [1.165, 1.54) is 0 Å². The van der Waals surface area contributed by atoms with E-state index in [1.54, 1.807) is 12.4 Å². The molecule has 0 aliphatic heterocycles. The standard InChI is InChI=1S/C11H13BrN4/c1-2-16-11(9(12)7-15-16)5-8-6-14-4-3-10(8)13/h3-4,6-7H,2,5H2,1H3,(H2,13,14). The van der Waals surface area contributed by atoms with Gasteiger partial charge in [-0.25, -0.2) is 0 Å². The Bertz CT molecular complexity index is 492. The van der Waals surface area contributed by atoms with Gasteiger partial charge in [-0.05, 0) is 34.5 Å². The minimum Gasteiger partial charge on any atom is -0.398 e. The van der Waals surface area contributed by atoms with Gasteiger partial charge in [-0.3, -0.25) is 9.67 Å². The van der Waals surface area contributed by atoms with Gasteiger partial charge in [0, 0.05) is 31.0 Å². The molecule has 0 unspecified atom stereocenters. The SMILES string of the molecule is CCn1ncc(Br)c1Cc1cnccc1N. The van der Waals surface area contributed by atoms with Crippen molar-refractivity contribution in [1.82, 2.24) is 14.8 Å². The van der Waals surface area contributed by atoms with Crippen LogP contribution in [0.4, 0.5) is 5.69 Å². The normalized spacial score (nSPS) is 10.6. The predicted molar refractivity (Wildman–Crippen MR) is 67.1 cm³/mol. The maximum Gasteiger partial charge on any atom is 0.0635 e. The number of nitrogens with two attached hydrogens (primary N) is 1. The molecule has 0 bridgehead atoms. The Kier molecular flexibility index (Phi) is 3.24. The minimum absolute atomic E-state index is 0.744. The van der Waals surface area contributed by atoms with Crippen LogP contribution in [0.3, 0.4) is 0 Å². The van der Waals surface area contributed by atoms with E-state index in [9.17, 15) is 0 Å². The van der Waals surface area contributed by atoms with Crippen molar-refractivity contribution in [3.63, 3.8) is 0 Å². The molecule has 16 heavy (non-hydrogen) atoms. The number of hydrogen-bond donors (Lipinski definition) is 1. The van der Waals surface area contributed by atoms with Crippen LogP contribution in [0, 0.1) is 0 Å². The van der Waals surface area contributed by atoms with Gasteiger partial charge in [-0.15, -0.1) is 0 Å². The van der Waals surface area contributed by atoms with Crippen molar-refractivity contribution in [2.45, 2.75) is 19.9 Å². The van der Waals surface area contributed by atoms with Crippen LogP contribution in [0.25, 0.3) is 0 Å². The van der Waals surface area contributed by atoms with Gasteiger partial charge in [0.2, 0.25) is 0 Å². The molecule has 5 heteroatoms. The minimum atomic E-state index is 0.744. The van der Waals surface area contributed by atoms with Gasteiger partial charge in [-0.2, -0.15) is 5.10 Å². The summed E-state index contributed by atoms with van der Waals surface area (Å²) in [5.74, 6) is 0. The molecule has 0 atom stereocenters. The molecule has 0 amide bonds. The first-order valence-electron chi connectivity index (χ1n) is 5.11. The van der Waals surface area contributed by atoms with E-state index >= 15 is 0 Å². The number of rotatable bonds is 3. The molecule has 84 valence electrons. The van der Waals surface area contributed by atoms with Gasteiger partial charge in [0.15, 0.2) is 0 Å². The molecule has 0 radical (unpaired) electrons. The van der Waals surface area contributed by atoms with Crippen molar-refractivity contribution < 1.29 is 0 Å². The fourth-order valence-electron chi connectivity index (χ4n) is 1.60. The number of hydrogen-bond acceptors (Lipinski definition) is 3. The molecule has 0 fully saturated rings. The monoisotopic (exact) mass is 280 g/mol. The Morgan fingerprint density at radius 2 is 2.25 bits per heavy atom. The van der Waals surface area contributed by atoms with Crippen LogP contribution >= 0.6 is 15.9 Å². The number of aryl methyl sites for hydroxylation is 1. The number of anilines is 1. The van der Waals surface area contributed by atoms with E-state index < -0.39 is 0 Å². The first-order chi connectivity index (χ1) is 7.72. The summed E-state index contributed by atoms with van der Waals surface area (Å²) in [6.07, 6.45) is 6.05. The van der Waals surface area contributed by atoms with E-state index in [2.05, 4.69) is 32.9 Å². The van der Waals surface area contributed by atoms with Gasteiger partial charge < -0.3 is 5.73 Å². The predicted octanol–water partition coefficient (Wildman–Crippen LogP) is 2.23. The summed E-state index contributed by atoms with van der Waals surface area (Å²) in [6.45, 7) is 2.91. The van der Waals surface area contributed by atoms with E-state index in [0.717, 1.165) is 34.4 Å². The van der Waals surface area contributed by atoms with Crippen LogP contribution in [0.2, 0.25) is 0 Å². The third kappa shape index (κ3) is 2.09. The number of pyridine rings is 1. The second-order valence-corrected chi connectivity index (χ2v) is 4.36. The summed E-state index contributed by atoms with van der Waals surface area (Å²) >= 11 is 3.50. The van der Waals surface area contributed by atoms with Gasteiger partial charge >= 0.3 is 0 Å². The number of nitrogen functional groups attached to an aromatic ring is 1. The molecular weight excluding hydrogens is 268 g/mol. The van der Waals surface area contributed by atoms with E-state index in [4.69, 9.17) is 5.73 Å². The lowest BCUT2D eigenvalue weighted by Gasteiger charge is -2.07. The Balaban J connectivity index is 2.33. The molecule has 0 aliphatic rings. The quantitative estimate of drug-likeness (QED) is 0.938. The summed E-state index contributed by atoms with van der Waals surface area (Å²) in [4.78, 5) is 4.09. The maximum atomic E-state index is 5.89. The zero-order valence-corrected chi connectivity index (χ0v) is 10.6. The van der Waals surface area contributed by atoms with Crippen molar-refractivity contribution in [2.24, 2.45) is 0 Å². The van der Waals surface area contributed by atoms with E-state index in [0.29, 0.717) is 0 Å². The Labute approximate surface area is 103 Å². The highest BCUT2D eigenvalue weighted by atomic mass is 79.9. The number of nitrogens with zero attached hydrogens (tertiary/aromatic N) is 3. The molecule has 2 rings (SSSR count). The summed E-state index contributed by atoms with van der Waals surface area (Å²) in [5.41, 5.74) is 8.82. The van der Waals surface area contributed by atoms with Crippen LogP contribution in [0.1, 0.15) is 18.2 Å². The van der Waals surface area contributed by atoms with Crippen LogP contribution in [-0.4, -0.2) is 14.8 Å². The fraction of sp³-hybridized carbons (Fsp3) is 0.273. The van der Waals surface area contributed by atoms with E-state index in [1.807, 2.05) is 16.9 Å². The molecule has 0 saturated heterocycles. The fourth-order valence-corrected chi connectivity index (χ4v) is 2.04. The van der Waals surface area contributed by atoms with Gasteiger partial charge in [0.05, 0.1) is 16.4 Å². The van der Waals surface area contributed by atoms with Crippen molar-refractivity contribution in [3.05, 3.63) is 40.4 Å². The van der Waals surface area contributed by atoms with Crippen LogP contribution < -0.4 is 5.73 Å².